The molecule has 0 spiro atoms. The molecule has 8 heteroatoms. The van der Waals surface area contributed by atoms with Crippen LogP contribution in [-0.4, -0.2) is 48.7 Å². The smallest absolute Gasteiger partial charge is 0.387 e. The summed E-state index contributed by atoms with van der Waals surface area (Å²) >= 11 is 0. The number of hydrogen-bond donors (Lipinski definition) is 2. The van der Waals surface area contributed by atoms with Crippen LogP contribution in [0.15, 0.2) is 24.3 Å². The number of benzene rings is 1. The van der Waals surface area contributed by atoms with Gasteiger partial charge < -0.3 is 15.0 Å². The molecule has 2 saturated heterocycles. The van der Waals surface area contributed by atoms with Crippen molar-refractivity contribution in [3.05, 3.63) is 29.8 Å². The number of imide groups is 1. The molecule has 2 heterocycles. The summed E-state index contributed by atoms with van der Waals surface area (Å²) in [6, 6.07) is 6.01. The Kier molecular flexibility index (Phi) is 6.17. The largest absolute Gasteiger partial charge is 0.435 e. The average Bonchev–Trinajstić information content (AvgIpc) is 2.86. The van der Waals surface area contributed by atoms with Crippen molar-refractivity contribution in [1.29, 1.82) is 0 Å². The zero-order valence-corrected chi connectivity index (χ0v) is 16.3. The lowest BCUT2D eigenvalue weighted by Gasteiger charge is -2.29. The van der Waals surface area contributed by atoms with E-state index in [1.54, 1.807) is 19.1 Å². The van der Waals surface area contributed by atoms with Gasteiger partial charge in [-0.3, -0.25) is 4.79 Å². The van der Waals surface area contributed by atoms with Gasteiger partial charge in [-0.05, 0) is 56.2 Å². The van der Waals surface area contributed by atoms with Gasteiger partial charge in [-0.25, -0.2) is 9.69 Å². The molecule has 6 nitrogen and oxygen atoms in total. The number of aryl methyl sites for hydroxylation is 1. The summed E-state index contributed by atoms with van der Waals surface area (Å²) in [4.78, 5) is 27.9. The number of piperidine rings is 1. The highest BCUT2D eigenvalue weighted by Gasteiger charge is 2.48. The molecule has 0 aliphatic carbocycles. The lowest BCUT2D eigenvalue weighted by molar-refractivity contribution is -0.913. The Hall–Kier alpha value is -2.22. The Balaban J connectivity index is 1.56. The second-order valence-electron chi connectivity index (χ2n) is 8.11. The van der Waals surface area contributed by atoms with Crippen molar-refractivity contribution < 1.29 is 28.0 Å². The third-order valence-corrected chi connectivity index (χ3v) is 5.77. The zero-order chi connectivity index (χ0) is 20.3. The summed E-state index contributed by atoms with van der Waals surface area (Å²) in [5.41, 5.74) is -0.0587. The quantitative estimate of drug-likeness (QED) is 0.691. The maximum atomic E-state index is 12.9. The van der Waals surface area contributed by atoms with Gasteiger partial charge in [-0.2, -0.15) is 8.78 Å². The van der Waals surface area contributed by atoms with Gasteiger partial charge >= 0.3 is 12.6 Å². The molecule has 154 valence electrons. The van der Waals surface area contributed by atoms with Crippen LogP contribution >= 0.6 is 0 Å². The number of rotatable bonds is 7. The van der Waals surface area contributed by atoms with Gasteiger partial charge in [0.15, 0.2) is 6.67 Å². The number of amides is 3. The number of carbonyl (C=O) groups excluding carboxylic acids is 2. The summed E-state index contributed by atoms with van der Waals surface area (Å²) in [7, 11) is 0. The molecule has 28 heavy (non-hydrogen) atoms. The molecule has 2 aliphatic rings. The maximum absolute atomic E-state index is 12.9. The summed E-state index contributed by atoms with van der Waals surface area (Å²) in [5, 5.41) is 2.84. The molecule has 2 N–H and O–H groups in total. The van der Waals surface area contributed by atoms with Crippen molar-refractivity contribution in [3.63, 3.8) is 0 Å². The number of ether oxygens (including phenoxy) is 1. The van der Waals surface area contributed by atoms with Gasteiger partial charge in [0.2, 0.25) is 0 Å². The van der Waals surface area contributed by atoms with Crippen LogP contribution in [0.1, 0.15) is 38.7 Å². The molecule has 3 rings (SSSR count). The number of urea groups is 1. The predicted octanol–water partition coefficient (Wildman–Crippen LogP) is 1.80. The fraction of sp³-hybridized carbons (Fsp3) is 0.600. The zero-order valence-electron chi connectivity index (χ0n) is 16.3. The third-order valence-electron chi connectivity index (χ3n) is 5.77. The number of quaternary nitrogens is 1. The number of halogens is 2. The van der Waals surface area contributed by atoms with Crippen LogP contribution in [0.4, 0.5) is 13.6 Å². The summed E-state index contributed by atoms with van der Waals surface area (Å²) in [6.07, 6.45) is 3.21. The molecule has 0 unspecified atom stereocenters. The minimum absolute atomic E-state index is 0.0974. The van der Waals surface area contributed by atoms with Crippen molar-refractivity contribution >= 4 is 11.9 Å². The van der Waals surface area contributed by atoms with Crippen LogP contribution in [0.3, 0.4) is 0 Å². The topological polar surface area (TPSA) is 63.1 Å². The number of hydrogen-bond acceptors (Lipinski definition) is 3. The SMILES string of the molecule is CC1CC[NH+](CN2C(=O)N[C@](C)(CCc3ccc(OC(F)F)cc3)C2=O)CC1. The first kappa shape index (κ1) is 20.5. The van der Waals surface area contributed by atoms with Gasteiger partial charge in [0.05, 0.1) is 13.1 Å². The second-order valence-corrected chi connectivity index (χ2v) is 8.11. The standard InChI is InChI=1S/C20H27F2N3O3/c1-14-8-11-24(12-9-14)13-25-17(26)20(2,23-19(25)27)10-7-15-3-5-16(6-4-15)28-18(21)22/h3-6,14,18H,7-13H2,1-2H3,(H,23,27)/p+1/t20-/m1/s1. The predicted molar refractivity (Wildman–Crippen MR) is 99.1 cm³/mol. The lowest BCUT2D eigenvalue weighted by Crippen LogP contribution is -3.14. The first-order valence-electron chi connectivity index (χ1n) is 9.78. The summed E-state index contributed by atoms with van der Waals surface area (Å²) in [6.45, 7) is 3.48. The minimum atomic E-state index is -2.85. The van der Waals surface area contributed by atoms with Crippen molar-refractivity contribution in [3.8, 4) is 5.75 Å². The molecule has 2 fully saturated rings. The van der Waals surface area contributed by atoms with E-state index in [2.05, 4.69) is 17.0 Å². The van der Waals surface area contributed by atoms with Crippen LogP contribution in [-0.2, 0) is 11.2 Å². The Bertz CT molecular complexity index is 705. The highest BCUT2D eigenvalue weighted by molar-refractivity contribution is 6.06. The molecule has 0 aromatic heterocycles. The van der Waals surface area contributed by atoms with E-state index in [1.165, 1.54) is 21.9 Å². The molecule has 1 atom stereocenters. The van der Waals surface area contributed by atoms with E-state index in [0.29, 0.717) is 25.4 Å². The van der Waals surface area contributed by atoms with Crippen LogP contribution in [0.25, 0.3) is 0 Å². The maximum Gasteiger partial charge on any atom is 0.387 e. The molecule has 3 amide bonds. The third kappa shape index (κ3) is 4.79. The van der Waals surface area contributed by atoms with Crippen LogP contribution in [0.2, 0.25) is 0 Å². The highest BCUT2D eigenvalue weighted by atomic mass is 19.3. The van der Waals surface area contributed by atoms with Crippen molar-refractivity contribution in [2.75, 3.05) is 19.8 Å². The van der Waals surface area contributed by atoms with Crippen LogP contribution < -0.4 is 15.0 Å². The van der Waals surface area contributed by atoms with E-state index < -0.39 is 12.2 Å². The van der Waals surface area contributed by atoms with Gasteiger partial charge in [-0.1, -0.05) is 19.1 Å². The van der Waals surface area contributed by atoms with E-state index in [1.807, 2.05) is 0 Å². The number of alkyl halides is 2. The average molecular weight is 396 g/mol. The lowest BCUT2D eigenvalue weighted by atomic mass is 9.93. The molecule has 1 aromatic rings. The Morgan fingerprint density at radius 3 is 2.50 bits per heavy atom. The number of carbonyl (C=O) groups is 2. The van der Waals surface area contributed by atoms with E-state index in [4.69, 9.17) is 0 Å². The molecule has 1 aromatic carbocycles. The number of nitrogens with one attached hydrogen (secondary N) is 2. The summed E-state index contributed by atoms with van der Waals surface area (Å²) < 4.78 is 28.8. The van der Waals surface area contributed by atoms with E-state index in [-0.39, 0.29) is 17.7 Å². The van der Waals surface area contributed by atoms with E-state index in [0.717, 1.165) is 31.5 Å². The molecule has 2 aliphatic heterocycles. The number of likely N-dealkylation sites (tertiary alicyclic amines) is 1. The van der Waals surface area contributed by atoms with Crippen molar-refractivity contribution in [2.24, 2.45) is 5.92 Å². The fourth-order valence-electron chi connectivity index (χ4n) is 3.84. The Morgan fingerprint density at radius 2 is 1.89 bits per heavy atom. The Morgan fingerprint density at radius 1 is 1.25 bits per heavy atom. The van der Waals surface area contributed by atoms with E-state index in [9.17, 15) is 18.4 Å². The monoisotopic (exact) mass is 396 g/mol. The minimum Gasteiger partial charge on any atom is -0.435 e. The van der Waals surface area contributed by atoms with E-state index >= 15 is 0 Å². The van der Waals surface area contributed by atoms with Crippen LogP contribution in [0, 0.1) is 5.92 Å². The van der Waals surface area contributed by atoms with Gasteiger partial charge in [0, 0.05) is 0 Å². The van der Waals surface area contributed by atoms with Crippen molar-refractivity contribution in [1.82, 2.24) is 10.2 Å². The number of nitrogens with zero attached hydrogens (tertiary/aromatic N) is 1. The highest BCUT2D eigenvalue weighted by Crippen LogP contribution is 2.24. The first-order valence-corrected chi connectivity index (χ1v) is 9.78. The molecule has 0 saturated carbocycles. The van der Waals surface area contributed by atoms with Gasteiger partial charge in [-0.15, -0.1) is 0 Å². The first-order chi connectivity index (χ1) is 13.3. The van der Waals surface area contributed by atoms with Gasteiger partial charge in [0.1, 0.15) is 11.3 Å². The second kappa shape index (κ2) is 8.43. The molecule has 0 radical (unpaired) electrons. The normalized spacial score (nSPS) is 28.0. The van der Waals surface area contributed by atoms with Crippen molar-refractivity contribution in [2.45, 2.75) is 51.7 Å². The molecular formula is C20H28F2N3O3+. The molecule has 0 bridgehead atoms. The molecular weight excluding hydrogens is 368 g/mol. The fourth-order valence-corrected chi connectivity index (χ4v) is 3.84. The Labute approximate surface area is 163 Å². The van der Waals surface area contributed by atoms with Crippen LogP contribution in [0.5, 0.6) is 5.75 Å². The van der Waals surface area contributed by atoms with Gasteiger partial charge in [0.25, 0.3) is 5.91 Å². The summed E-state index contributed by atoms with van der Waals surface area (Å²) in [5.74, 6) is 0.607.